The van der Waals surface area contributed by atoms with Crippen LogP contribution in [0, 0.1) is 18.3 Å². The van der Waals surface area contributed by atoms with Crippen LogP contribution in [0.2, 0.25) is 0 Å². The second kappa shape index (κ2) is 6.14. The van der Waals surface area contributed by atoms with E-state index in [0.717, 1.165) is 9.35 Å². The molecule has 0 fully saturated rings. The molecular formula is C14H13BrN2S. The standard InChI is InChI=1S/C14H13BrN2S/c1-10-12(15)7-14(18-10)13(8-16)17-9-11-5-3-2-4-6-11/h2-7,13,17H,9H2,1H3. The molecule has 1 aromatic carbocycles. The summed E-state index contributed by atoms with van der Waals surface area (Å²) in [5, 5.41) is 12.5. The Morgan fingerprint density at radius 3 is 2.67 bits per heavy atom. The summed E-state index contributed by atoms with van der Waals surface area (Å²) in [5.41, 5.74) is 1.19. The number of aryl methyl sites for hydroxylation is 1. The Morgan fingerprint density at radius 1 is 1.39 bits per heavy atom. The zero-order chi connectivity index (χ0) is 13.0. The fourth-order valence-corrected chi connectivity index (χ4v) is 3.23. The predicted octanol–water partition coefficient (Wildman–Crippen LogP) is 4.17. The number of thiophene rings is 1. The van der Waals surface area contributed by atoms with Crippen LogP contribution in [0.4, 0.5) is 0 Å². The van der Waals surface area contributed by atoms with Crippen molar-refractivity contribution in [2.45, 2.75) is 19.5 Å². The van der Waals surface area contributed by atoms with Crippen molar-refractivity contribution in [3.05, 3.63) is 56.2 Å². The van der Waals surface area contributed by atoms with Crippen LogP contribution in [0.5, 0.6) is 0 Å². The van der Waals surface area contributed by atoms with Crippen LogP contribution >= 0.6 is 27.3 Å². The predicted molar refractivity (Wildman–Crippen MR) is 78.4 cm³/mol. The lowest BCUT2D eigenvalue weighted by Gasteiger charge is -2.09. The molecule has 1 atom stereocenters. The first-order chi connectivity index (χ1) is 8.70. The Hall–Kier alpha value is -1.15. The highest BCUT2D eigenvalue weighted by atomic mass is 79.9. The Morgan fingerprint density at radius 2 is 2.11 bits per heavy atom. The van der Waals surface area contributed by atoms with Crippen molar-refractivity contribution in [1.82, 2.24) is 5.32 Å². The minimum absolute atomic E-state index is 0.250. The van der Waals surface area contributed by atoms with E-state index in [2.05, 4.69) is 39.4 Å². The third-order valence-corrected chi connectivity index (χ3v) is 4.84. The number of nitrogens with zero attached hydrogens (tertiary/aromatic N) is 1. The number of hydrogen-bond donors (Lipinski definition) is 1. The first-order valence-electron chi connectivity index (χ1n) is 5.63. The summed E-state index contributed by atoms with van der Waals surface area (Å²) in [6.45, 7) is 2.75. The number of nitriles is 1. The smallest absolute Gasteiger partial charge is 0.130 e. The van der Waals surface area contributed by atoms with Crippen LogP contribution in [-0.4, -0.2) is 0 Å². The molecule has 0 spiro atoms. The van der Waals surface area contributed by atoms with Crippen molar-refractivity contribution in [1.29, 1.82) is 5.26 Å². The van der Waals surface area contributed by atoms with Gasteiger partial charge in [0.15, 0.2) is 0 Å². The fourth-order valence-electron chi connectivity index (χ4n) is 1.65. The molecule has 0 aliphatic heterocycles. The third kappa shape index (κ3) is 3.20. The van der Waals surface area contributed by atoms with Gasteiger partial charge in [0.1, 0.15) is 6.04 Å². The van der Waals surface area contributed by atoms with Crippen LogP contribution in [0.1, 0.15) is 21.4 Å². The Kier molecular flexibility index (Phi) is 4.54. The first-order valence-corrected chi connectivity index (χ1v) is 7.24. The summed E-state index contributed by atoms with van der Waals surface area (Å²) >= 11 is 5.13. The molecule has 4 heteroatoms. The minimum atomic E-state index is -0.250. The molecule has 0 aliphatic rings. The summed E-state index contributed by atoms with van der Waals surface area (Å²) in [4.78, 5) is 2.25. The Balaban J connectivity index is 2.05. The molecule has 0 saturated carbocycles. The normalized spacial score (nSPS) is 12.1. The molecule has 92 valence electrons. The number of benzene rings is 1. The number of rotatable bonds is 4. The van der Waals surface area contributed by atoms with Gasteiger partial charge in [0, 0.05) is 20.8 Å². The maximum atomic E-state index is 9.24. The van der Waals surface area contributed by atoms with Gasteiger partial charge in [-0.3, -0.25) is 5.32 Å². The second-order valence-electron chi connectivity index (χ2n) is 3.98. The molecule has 2 nitrogen and oxygen atoms in total. The lowest BCUT2D eigenvalue weighted by Crippen LogP contribution is -2.18. The second-order valence-corrected chi connectivity index (χ2v) is 6.12. The van der Waals surface area contributed by atoms with Gasteiger partial charge in [0.25, 0.3) is 0 Å². The molecule has 1 aromatic heterocycles. The third-order valence-electron chi connectivity index (χ3n) is 2.64. The van der Waals surface area contributed by atoms with Crippen LogP contribution in [0.3, 0.4) is 0 Å². The molecule has 2 rings (SSSR count). The molecule has 0 saturated heterocycles. The Bertz CT molecular complexity index is 537. The van der Waals surface area contributed by atoms with Crippen molar-refractivity contribution in [2.24, 2.45) is 0 Å². The Labute approximate surface area is 119 Å². The molecule has 1 unspecified atom stereocenters. The molecule has 0 amide bonds. The zero-order valence-corrected chi connectivity index (χ0v) is 12.4. The van der Waals surface area contributed by atoms with Gasteiger partial charge in [-0.05, 0) is 34.5 Å². The molecule has 0 aliphatic carbocycles. The van der Waals surface area contributed by atoms with E-state index in [9.17, 15) is 5.26 Å². The molecule has 18 heavy (non-hydrogen) atoms. The summed E-state index contributed by atoms with van der Waals surface area (Å²) in [6, 6.07) is 14.2. The maximum absolute atomic E-state index is 9.24. The van der Waals surface area contributed by atoms with Crippen molar-refractivity contribution in [3.63, 3.8) is 0 Å². The molecule has 0 bridgehead atoms. The molecule has 1 heterocycles. The molecular weight excluding hydrogens is 308 g/mol. The van der Waals surface area contributed by atoms with Crippen molar-refractivity contribution < 1.29 is 0 Å². The van der Waals surface area contributed by atoms with E-state index in [1.54, 1.807) is 11.3 Å². The van der Waals surface area contributed by atoms with E-state index in [-0.39, 0.29) is 6.04 Å². The van der Waals surface area contributed by atoms with Gasteiger partial charge in [-0.15, -0.1) is 11.3 Å². The average Bonchev–Trinajstić information content (AvgIpc) is 2.71. The summed E-state index contributed by atoms with van der Waals surface area (Å²) < 4.78 is 1.07. The van der Waals surface area contributed by atoms with E-state index in [1.165, 1.54) is 10.4 Å². The summed E-state index contributed by atoms with van der Waals surface area (Å²) in [6.07, 6.45) is 0. The topological polar surface area (TPSA) is 35.8 Å². The SMILES string of the molecule is Cc1sc(C(C#N)NCc2ccccc2)cc1Br. The van der Waals surface area contributed by atoms with Gasteiger partial charge < -0.3 is 0 Å². The van der Waals surface area contributed by atoms with Crippen molar-refractivity contribution in [3.8, 4) is 6.07 Å². The fraction of sp³-hybridized carbons (Fsp3) is 0.214. The average molecular weight is 321 g/mol. The molecule has 2 aromatic rings. The van der Waals surface area contributed by atoms with E-state index in [1.807, 2.05) is 31.2 Å². The van der Waals surface area contributed by atoms with E-state index in [4.69, 9.17) is 0 Å². The van der Waals surface area contributed by atoms with E-state index >= 15 is 0 Å². The van der Waals surface area contributed by atoms with Gasteiger partial charge in [0.2, 0.25) is 0 Å². The monoisotopic (exact) mass is 320 g/mol. The largest absolute Gasteiger partial charge is 0.293 e. The van der Waals surface area contributed by atoms with Crippen molar-refractivity contribution in [2.75, 3.05) is 0 Å². The number of halogens is 1. The van der Waals surface area contributed by atoms with Gasteiger partial charge >= 0.3 is 0 Å². The highest BCUT2D eigenvalue weighted by Gasteiger charge is 2.13. The molecule has 0 radical (unpaired) electrons. The lowest BCUT2D eigenvalue weighted by molar-refractivity contribution is 0.638. The van der Waals surface area contributed by atoms with Gasteiger partial charge in [-0.25, -0.2) is 0 Å². The van der Waals surface area contributed by atoms with E-state index in [0.29, 0.717) is 6.54 Å². The van der Waals surface area contributed by atoms with Crippen LogP contribution in [-0.2, 0) is 6.54 Å². The van der Waals surface area contributed by atoms with Crippen LogP contribution in [0.15, 0.2) is 40.9 Å². The summed E-state index contributed by atoms with van der Waals surface area (Å²) in [5.74, 6) is 0. The minimum Gasteiger partial charge on any atom is -0.293 e. The van der Waals surface area contributed by atoms with Crippen LogP contribution < -0.4 is 5.32 Å². The first kappa shape index (κ1) is 13.3. The van der Waals surface area contributed by atoms with Crippen LogP contribution in [0.25, 0.3) is 0 Å². The van der Waals surface area contributed by atoms with Crippen molar-refractivity contribution >= 4 is 27.3 Å². The zero-order valence-electron chi connectivity index (χ0n) is 9.98. The quantitative estimate of drug-likeness (QED) is 0.917. The van der Waals surface area contributed by atoms with E-state index < -0.39 is 0 Å². The number of nitrogens with one attached hydrogen (secondary N) is 1. The van der Waals surface area contributed by atoms with Gasteiger partial charge in [-0.1, -0.05) is 30.3 Å². The summed E-state index contributed by atoms with van der Waals surface area (Å²) in [7, 11) is 0. The van der Waals surface area contributed by atoms with Gasteiger partial charge in [-0.2, -0.15) is 5.26 Å². The lowest BCUT2D eigenvalue weighted by atomic mass is 10.2. The highest BCUT2D eigenvalue weighted by Crippen LogP contribution is 2.30. The van der Waals surface area contributed by atoms with Gasteiger partial charge in [0.05, 0.1) is 6.07 Å². The number of hydrogen-bond acceptors (Lipinski definition) is 3. The highest BCUT2D eigenvalue weighted by molar-refractivity contribution is 9.10. The molecule has 1 N–H and O–H groups in total. The maximum Gasteiger partial charge on any atom is 0.130 e.